The first-order valence-corrected chi connectivity index (χ1v) is 9.77. The van der Waals surface area contributed by atoms with Gasteiger partial charge in [-0.15, -0.1) is 11.3 Å². The SMILES string of the molecule is C=C\C(Cl)=C/C(=C(\C)CCC)C(=C\C)/c1csc(-c2ccc[nH]c2=O)n1. The molecule has 0 bridgehead atoms. The van der Waals surface area contributed by atoms with Crippen molar-refractivity contribution in [3.05, 3.63) is 80.7 Å². The molecule has 2 aromatic heterocycles. The van der Waals surface area contributed by atoms with Crippen molar-refractivity contribution in [2.24, 2.45) is 0 Å². The summed E-state index contributed by atoms with van der Waals surface area (Å²) in [5, 5.41) is 3.27. The number of rotatable bonds is 7. The molecule has 0 saturated heterocycles. The van der Waals surface area contributed by atoms with E-state index in [0.29, 0.717) is 15.6 Å². The van der Waals surface area contributed by atoms with Gasteiger partial charge in [0.05, 0.1) is 11.3 Å². The van der Waals surface area contributed by atoms with Gasteiger partial charge in [-0.2, -0.15) is 0 Å². The summed E-state index contributed by atoms with van der Waals surface area (Å²) in [6.45, 7) is 9.98. The van der Waals surface area contributed by atoms with Crippen LogP contribution in [0.25, 0.3) is 16.1 Å². The monoisotopic (exact) mass is 386 g/mol. The topological polar surface area (TPSA) is 45.8 Å². The molecule has 0 saturated carbocycles. The summed E-state index contributed by atoms with van der Waals surface area (Å²) in [4.78, 5) is 19.4. The van der Waals surface area contributed by atoms with Crippen molar-refractivity contribution in [2.45, 2.75) is 33.6 Å². The predicted octanol–water partition coefficient (Wildman–Crippen LogP) is 6.33. The summed E-state index contributed by atoms with van der Waals surface area (Å²) in [6.07, 6.45) is 9.24. The zero-order chi connectivity index (χ0) is 19.1. The predicted molar refractivity (Wildman–Crippen MR) is 114 cm³/mol. The van der Waals surface area contributed by atoms with Crippen molar-refractivity contribution >= 4 is 28.5 Å². The van der Waals surface area contributed by atoms with Crippen molar-refractivity contribution in [3.8, 4) is 10.6 Å². The highest BCUT2D eigenvalue weighted by atomic mass is 35.5. The standard InChI is InChI=1S/C21H23ClN2OS/c1-5-9-14(4)18(12-15(22)6-2)16(7-3)19-13-26-21(24-19)17-10-8-11-23-20(17)25/h6-8,10-13H,2,5,9H2,1,3-4H3,(H,23,25)/b15-12+,16-7+,18-14-. The van der Waals surface area contributed by atoms with E-state index in [0.717, 1.165) is 29.7 Å². The fourth-order valence-corrected chi connectivity index (χ4v) is 3.64. The summed E-state index contributed by atoms with van der Waals surface area (Å²) in [5.41, 5.74) is 4.58. The van der Waals surface area contributed by atoms with E-state index in [1.807, 2.05) is 24.5 Å². The highest BCUT2D eigenvalue weighted by Gasteiger charge is 2.14. The zero-order valence-electron chi connectivity index (χ0n) is 15.3. The molecule has 136 valence electrons. The Kier molecular flexibility index (Phi) is 7.37. The molecule has 0 aromatic carbocycles. The minimum absolute atomic E-state index is 0.136. The van der Waals surface area contributed by atoms with Crippen LogP contribution in [0, 0.1) is 0 Å². The fraction of sp³-hybridized carbons (Fsp3) is 0.238. The van der Waals surface area contributed by atoms with Crippen LogP contribution < -0.4 is 5.56 Å². The molecule has 26 heavy (non-hydrogen) atoms. The van der Waals surface area contributed by atoms with Crippen molar-refractivity contribution in [2.75, 3.05) is 0 Å². The molecule has 0 radical (unpaired) electrons. The number of thiazole rings is 1. The molecule has 2 heterocycles. The zero-order valence-corrected chi connectivity index (χ0v) is 16.9. The Hall–Kier alpha value is -2.17. The van der Waals surface area contributed by atoms with Crippen LogP contribution in [-0.2, 0) is 0 Å². The highest BCUT2D eigenvalue weighted by molar-refractivity contribution is 7.13. The summed E-state index contributed by atoms with van der Waals surface area (Å²) in [6, 6.07) is 3.59. The first-order chi connectivity index (χ1) is 12.5. The Bertz CT molecular complexity index is 931. The second-order valence-electron chi connectivity index (χ2n) is 5.83. The van der Waals surface area contributed by atoms with Crippen LogP contribution in [-0.4, -0.2) is 9.97 Å². The van der Waals surface area contributed by atoms with Crippen LogP contribution in [0.3, 0.4) is 0 Å². The van der Waals surface area contributed by atoms with E-state index in [-0.39, 0.29) is 5.56 Å². The van der Waals surface area contributed by atoms with Gasteiger partial charge in [-0.1, -0.05) is 49.2 Å². The van der Waals surface area contributed by atoms with Crippen molar-refractivity contribution in [1.29, 1.82) is 0 Å². The molecule has 0 aliphatic heterocycles. The molecular formula is C21H23ClN2OS. The third kappa shape index (κ3) is 4.71. The lowest BCUT2D eigenvalue weighted by Crippen LogP contribution is -2.06. The maximum Gasteiger partial charge on any atom is 0.258 e. The van der Waals surface area contributed by atoms with Gasteiger partial charge in [-0.3, -0.25) is 4.79 Å². The number of aromatic nitrogens is 2. The Balaban J connectivity index is 2.53. The van der Waals surface area contributed by atoms with E-state index in [9.17, 15) is 4.79 Å². The molecule has 0 fully saturated rings. The van der Waals surface area contributed by atoms with Crippen LogP contribution >= 0.6 is 22.9 Å². The molecule has 5 heteroatoms. The molecule has 0 amide bonds. The van der Waals surface area contributed by atoms with E-state index in [1.165, 1.54) is 16.9 Å². The number of nitrogens with zero attached hydrogens (tertiary/aromatic N) is 1. The van der Waals surface area contributed by atoms with Crippen molar-refractivity contribution in [3.63, 3.8) is 0 Å². The van der Waals surface area contributed by atoms with Crippen LogP contribution in [0.4, 0.5) is 0 Å². The number of nitrogens with one attached hydrogen (secondary N) is 1. The van der Waals surface area contributed by atoms with Gasteiger partial charge in [0, 0.05) is 22.2 Å². The fourth-order valence-electron chi connectivity index (χ4n) is 2.69. The molecule has 1 N–H and O–H groups in total. The molecule has 0 spiro atoms. The molecule has 2 rings (SSSR count). The summed E-state index contributed by atoms with van der Waals surface area (Å²) < 4.78 is 0. The van der Waals surface area contributed by atoms with Crippen molar-refractivity contribution in [1.82, 2.24) is 9.97 Å². The number of hydrogen-bond donors (Lipinski definition) is 1. The van der Waals surface area contributed by atoms with Gasteiger partial charge in [-0.25, -0.2) is 4.98 Å². The minimum atomic E-state index is -0.136. The number of H-pyrrole nitrogens is 1. The number of hydrogen-bond acceptors (Lipinski definition) is 3. The molecule has 2 aromatic rings. The van der Waals surface area contributed by atoms with Gasteiger partial charge in [0.15, 0.2) is 0 Å². The van der Waals surface area contributed by atoms with E-state index in [1.54, 1.807) is 24.4 Å². The van der Waals surface area contributed by atoms with E-state index in [2.05, 4.69) is 25.4 Å². The largest absolute Gasteiger partial charge is 0.329 e. The molecule has 0 unspecified atom stereocenters. The normalized spacial score (nSPS) is 13.5. The van der Waals surface area contributed by atoms with E-state index >= 15 is 0 Å². The highest BCUT2D eigenvalue weighted by Crippen LogP contribution is 2.32. The maximum atomic E-state index is 12.0. The van der Waals surface area contributed by atoms with E-state index in [4.69, 9.17) is 16.6 Å². The number of aromatic amines is 1. The first kappa shape index (κ1) is 20.1. The van der Waals surface area contributed by atoms with Crippen LogP contribution in [0.5, 0.6) is 0 Å². The van der Waals surface area contributed by atoms with Crippen LogP contribution in [0.2, 0.25) is 0 Å². The van der Waals surface area contributed by atoms with Gasteiger partial charge in [0.2, 0.25) is 0 Å². The van der Waals surface area contributed by atoms with Crippen LogP contribution in [0.15, 0.2) is 69.5 Å². The van der Waals surface area contributed by atoms with Crippen LogP contribution in [0.1, 0.15) is 39.3 Å². The third-order valence-electron chi connectivity index (χ3n) is 3.97. The lowest BCUT2D eigenvalue weighted by atomic mass is 9.95. The van der Waals surface area contributed by atoms with Gasteiger partial charge in [0.25, 0.3) is 5.56 Å². The summed E-state index contributed by atoms with van der Waals surface area (Å²) in [7, 11) is 0. The first-order valence-electron chi connectivity index (χ1n) is 8.51. The maximum absolute atomic E-state index is 12.0. The second kappa shape index (κ2) is 9.51. The number of pyridine rings is 1. The average Bonchev–Trinajstić information content (AvgIpc) is 3.11. The molecule has 0 aliphatic rings. The number of allylic oxidation sites excluding steroid dienone is 7. The molecule has 3 nitrogen and oxygen atoms in total. The smallest absolute Gasteiger partial charge is 0.258 e. The Morgan fingerprint density at radius 3 is 2.85 bits per heavy atom. The Morgan fingerprint density at radius 2 is 2.23 bits per heavy atom. The molecular weight excluding hydrogens is 364 g/mol. The second-order valence-corrected chi connectivity index (χ2v) is 7.13. The molecule has 0 aliphatic carbocycles. The van der Waals surface area contributed by atoms with Gasteiger partial charge in [-0.05, 0) is 44.1 Å². The average molecular weight is 387 g/mol. The van der Waals surface area contributed by atoms with Gasteiger partial charge < -0.3 is 4.98 Å². The lowest BCUT2D eigenvalue weighted by Gasteiger charge is -2.11. The van der Waals surface area contributed by atoms with Gasteiger partial charge in [0.1, 0.15) is 5.01 Å². The Labute approximate surface area is 163 Å². The van der Waals surface area contributed by atoms with Crippen molar-refractivity contribution < 1.29 is 0 Å². The third-order valence-corrected chi connectivity index (χ3v) is 5.11. The number of halogens is 1. The summed E-state index contributed by atoms with van der Waals surface area (Å²) >= 11 is 7.69. The van der Waals surface area contributed by atoms with Gasteiger partial charge >= 0.3 is 0 Å². The Morgan fingerprint density at radius 1 is 1.46 bits per heavy atom. The molecule has 0 atom stereocenters. The van der Waals surface area contributed by atoms with E-state index < -0.39 is 0 Å². The minimum Gasteiger partial charge on any atom is -0.329 e. The lowest BCUT2D eigenvalue weighted by molar-refractivity contribution is 0.900. The quantitative estimate of drug-likeness (QED) is 0.565. The summed E-state index contributed by atoms with van der Waals surface area (Å²) in [5.74, 6) is 0.